The molecule has 0 aliphatic heterocycles. The van der Waals surface area contributed by atoms with Gasteiger partial charge in [0.05, 0.1) is 7.11 Å². The van der Waals surface area contributed by atoms with Crippen molar-refractivity contribution >= 4 is 11.9 Å². The minimum Gasteiger partial charge on any atom is -0.468 e. The summed E-state index contributed by atoms with van der Waals surface area (Å²) in [5, 5.41) is 5.95. The fourth-order valence-electron chi connectivity index (χ4n) is 1.07. The summed E-state index contributed by atoms with van der Waals surface area (Å²) in [7, 11) is 1.25. The molecule has 0 saturated heterocycles. The molecule has 1 amide bonds. The number of nitrogens with zero attached hydrogens (tertiary/aromatic N) is 3. The van der Waals surface area contributed by atoms with Gasteiger partial charge >= 0.3 is 5.97 Å². The standard InChI is InChI=1S/C9H17N5O3/c1-17-9(16)7(10)3-4-8(15)12-5-2-6-13-14-11/h7H,2-6,10H2,1H3,(H,12,15). The molecule has 0 spiro atoms. The van der Waals surface area contributed by atoms with E-state index in [0.29, 0.717) is 19.5 Å². The van der Waals surface area contributed by atoms with Gasteiger partial charge in [0, 0.05) is 24.4 Å². The summed E-state index contributed by atoms with van der Waals surface area (Å²) >= 11 is 0. The lowest BCUT2D eigenvalue weighted by Crippen LogP contribution is -2.34. The van der Waals surface area contributed by atoms with Crippen LogP contribution in [0.15, 0.2) is 5.11 Å². The van der Waals surface area contributed by atoms with Crippen LogP contribution in [-0.4, -0.2) is 38.1 Å². The molecule has 0 aromatic heterocycles. The van der Waals surface area contributed by atoms with E-state index >= 15 is 0 Å². The van der Waals surface area contributed by atoms with Crippen molar-refractivity contribution in [2.75, 3.05) is 20.2 Å². The molecular weight excluding hydrogens is 226 g/mol. The Balaban J connectivity index is 3.59. The molecule has 1 atom stereocenters. The molecule has 0 rings (SSSR count). The number of nitrogens with one attached hydrogen (secondary N) is 1. The molecule has 96 valence electrons. The average molecular weight is 243 g/mol. The van der Waals surface area contributed by atoms with Gasteiger partial charge in [0.2, 0.25) is 5.91 Å². The number of hydrogen-bond donors (Lipinski definition) is 2. The lowest BCUT2D eigenvalue weighted by Gasteiger charge is -2.08. The topological polar surface area (TPSA) is 130 Å². The predicted octanol–water partition coefficient (Wildman–Crippen LogP) is 0.0835. The Morgan fingerprint density at radius 2 is 2.29 bits per heavy atom. The zero-order valence-electron chi connectivity index (χ0n) is 9.76. The SMILES string of the molecule is COC(=O)C(N)CCC(=O)NCCCN=[N+]=[N-]. The van der Waals surface area contributed by atoms with Crippen LogP contribution in [0.5, 0.6) is 0 Å². The minimum absolute atomic E-state index is 0.164. The third kappa shape index (κ3) is 8.06. The summed E-state index contributed by atoms with van der Waals surface area (Å²) in [4.78, 5) is 24.8. The van der Waals surface area contributed by atoms with Gasteiger partial charge in [-0.25, -0.2) is 0 Å². The number of amides is 1. The number of nitrogens with two attached hydrogens (primary N) is 1. The van der Waals surface area contributed by atoms with Crippen LogP contribution in [0, 0.1) is 0 Å². The highest BCUT2D eigenvalue weighted by atomic mass is 16.5. The molecule has 3 N–H and O–H groups in total. The van der Waals surface area contributed by atoms with Crippen molar-refractivity contribution < 1.29 is 14.3 Å². The van der Waals surface area contributed by atoms with Crippen molar-refractivity contribution in [2.24, 2.45) is 10.8 Å². The summed E-state index contributed by atoms with van der Waals surface area (Å²) in [5.41, 5.74) is 13.5. The molecule has 0 aromatic carbocycles. The number of azide groups is 1. The van der Waals surface area contributed by atoms with Crippen LogP contribution in [0.2, 0.25) is 0 Å². The van der Waals surface area contributed by atoms with Crippen molar-refractivity contribution in [2.45, 2.75) is 25.3 Å². The van der Waals surface area contributed by atoms with E-state index in [0.717, 1.165) is 0 Å². The zero-order valence-corrected chi connectivity index (χ0v) is 9.76. The van der Waals surface area contributed by atoms with Gasteiger partial charge in [-0.3, -0.25) is 9.59 Å². The van der Waals surface area contributed by atoms with E-state index in [4.69, 9.17) is 11.3 Å². The van der Waals surface area contributed by atoms with Gasteiger partial charge in [0.1, 0.15) is 6.04 Å². The zero-order chi connectivity index (χ0) is 13.1. The van der Waals surface area contributed by atoms with Crippen LogP contribution in [0.1, 0.15) is 19.3 Å². The molecule has 0 aliphatic carbocycles. The number of rotatable bonds is 8. The fraction of sp³-hybridized carbons (Fsp3) is 0.778. The quantitative estimate of drug-likeness (QED) is 0.205. The highest BCUT2D eigenvalue weighted by molar-refractivity contribution is 5.79. The third-order valence-electron chi connectivity index (χ3n) is 2.01. The Kier molecular flexibility index (Phi) is 8.44. The molecule has 0 aliphatic rings. The Labute approximate surface area is 99.1 Å². The van der Waals surface area contributed by atoms with E-state index in [-0.39, 0.29) is 18.7 Å². The van der Waals surface area contributed by atoms with Crippen molar-refractivity contribution in [3.05, 3.63) is 10.4 Å². The second-order valence-electron chi connectivity index (χ2n) is 3.33. The van der Waals surface area contributed by atoms with Gasteiger partial charge in [0.15, 0.2) is 0 Å². The van der Waals surface area contributed by atoms with Gasteiger partial charge in [-0.1, -0.05) is 5.11 Å². The summed E-state index contributed by atoms with van der Waals surface area (Å²) in [6.45, 7) is 0.782. The molecule has 17 heavy (non-hydrogen) atoms. The van der Waals surface area contributed by atoms with E-state index in [1.165, 1.54) is 7.11 Å². The summed E-state index contributed by atoms with van der Waals surface area (Å²) < 4.78 is 4.43. The van der Waals surface area contributed by atoms with Crippen LogP contribution in [0.4, 0.5) is 0 Å². The molecule has 0 radical (unpaired) electrons. The van der Waals surface area contributed by atoms with Gasteiger partial charge in [-0.05, 0) is 18.4 Å². The van der Waals surface area contributed by atoms with Crippen molar-refractivity contribution in [1.82, 2.24) is 5.32 Å². The number of carbonyl (C=O) groups is 2. The molecule has 1 unspecified atom stereocenters. The monoisotopic (exact) mass is 243 g/mol. The average Bonchev–Trinajstić information content (AvgIpc) is 2.34. The second kappa shape index (κ2) is 9.44. The van der Waals surface area contributed by atoms with Crippen molar-refractivity contribution in [3.8, 4) is 0 Å². The van der Waals surface area contributed by atoms with Gasteiger partial charge in [-0.2, -0.15) is 0 Å². The Morgan fingerprint density at radius 3 is 2.88 bits per heavy atom. The van der Waals surface area contributed by atoms with E-state index in [9.17, 15) is 9.59 Å². The first kappa shape index (κ1) is 15.2. The Hall–Kier alpha value is -1.79. The number of hydrogen-bond acceptors (Lipinski definition) is 5. The molecule has 0 aromatic rings. The highest BCUT2D eigenvalue weighted by Crippen LogP contribution is 1.96. The van der Waals surface area contributed by atoms with Crippen LogP contribution in [0.25, 0.3) is 10.4 Å². The lowest BCUT2D eigenvalue weighted by molar-refractivity contribution is -0.142. The maximum atomic E-state index is 11.3. The lowest BCUT2D eigenvalue weighted by atomic mass is 10.1. The first-order valence-corrected chi connectivity index (χ1v) is 5.22. The maximum absolute atomic E-state index is 11.3. The van der Waals surface area contributed by atoms with Gasteiger partial charge in [-0.15, -0.1) is 0 Å². The van der Waals surface area contributed by atoms with Gasteiger partial charge < -0.3 is 15.8 Å². The maximum Gasteiger partial charge on any atom is 0.322 e. The molecule has 0 fully saturated rings. The van der Waals surface area contributed by atoms with Crippen LogP contribution in [0.3, 0.4) is 0 Å². The van der Waals surface area contributed by atoms with E-state index < -0.39 is 12.0 Å². The summed E-state index contributed by atoms with van der Waals surface area (Å²) in [6.07, 6.45) is 0.992. The van der Waals surface area contributed by atoms with Crippen LogP contribution >= 0.6 is 0 Å². The highest BCUT2D eigenvalue weighted by Gasteiger charge is 2.14. The van der Waals surface area contributed by atoms with Crippen LogP contribution < -0.4 is 11.1 Å². The number of esters is 1. The first-order chi connectivity index (χ1) is 8.11. The third-order valence-corrected chi connectivity index (χ3v) is 2.01. The summed E-state index contributed by atoms with van der Waals surface area (Å²) in [6, 6.07) is -0.770. The van der Waals surface area contributed by atoms with Crippen molar-refractivity contribution in [1.29, 1.82) is 0 Å². The number of ether oxygens (including phenoxy) is 1. The number of carbonyl (C=O) groups excluding carboxylic acids is 2. The Bertz CT molecular complexity index is 301. The van der Waals surface area contributed by atoms with Crippen molar-refractivity contribution in [3.63, 3.8) is 0 Å². The molecular formula is C9H17N5O3. The molecule has 0 bridgehead atoms. The summed E-state index contributed by atoms with van der Waals surface area (Å²) in [5.74, 6) is -0.716. The van der Waals surface area contributed by atoms with E-state index in [1.807, 2.05) is 0 Å². The fourth-order valence-corrected chi connectivity index (χ4v) is 1.07. The molecule has 0 heterocycles. The van der Waals surface area contributed by atoms with Gasteiger partial charge in [0.25, 0.3) is 0 Å². The molecule has 8 nitrogen and oxygen atoms in total. The largest absolute Gasteiger partial charge is 0.468 e. The second-order valence-corrected chi connectivity index (χ2v) is 3.33. The first-order valence-electron chi connectivity index (χ1n) is 5.22. The van der Waals surface area contributed by atoms with E-state index in [1.54, 1.807) is 0 Å². The molecule has 0 saturated carbocycles. The van der Waals surface area contributed by atoms with Crippen LogP contribution in [-0.2, 0) is 14.3 Å². The minimum atomic E-state index is -0.770. The predicted molar refractivity (Wildman–Crippen MR) is 60.9 cm³/mol. The Morgan fingerprint density at radius 1 is 1.59 bits per heavy atom. The molecule has 8 heteroatoms. The normalized spacial score (nSPS) is 11.2. The van der Waals surface area contributed by atoms with E-state index in [2.05, 4.69) is 20.1 Å². The number of methoxy groups -OCH3 is 1. The smallest absolute Gasteiger partial charge is 0.322 e.